The summed E-state index contributed by atoms with van der Waals surface area (Å²) in [7, 11) is 0. The molecule has 0 radical (unpaired) electrons. The molecule has 3 atom stereocenters. The van der Waals surface area contributed by atoms with Gasteiger partial charge in [0, 0.05) is 18.1 Å². The van der Waals surface area contributed by atoms with Crippen molar-refractivity contribution in [1.82, 2.24) is 0 Å². The summed E-state index contributed by atoms with van der Waals surface area (Å²) in [4.78, 5) is 0. The molecule has 0 spiro atoms. The van der Waals surface area contributed by atoms with E-state index in [-0.39, 0.29) is 17.8 Å². The Kier molecular flexibility index (Phi) is 4.03. The van der Waals surface area contributed by atoms with Crippen LogP contribution in [0.25, 0.3) is 0 Å². The van der Waals surface area contributed by atoms with E-state index in [0.717, 1.165) is 24.0 Å². The molecule has 1 aliphatic heterocycles. The van der Waals surface area contributed by atoms with Gasteiger partial charge in [0.15, 0.2) is 0 Å². The van der Waals surface area contributed by atoms with Gasteiger partial charge in [-0.1, -0.05) is 13.0 Å². The van der Waals surface area contributed by atoms with Crippen LogP contribution in [0, 0.1) is 25.6 Å². The van der Waals surface area contributed by atoms with Gasteiger partial charge in [-0.3, -0.25) is 0 Å². The van der Waals surface area contributed by atoms with Crippen molar-refractivity contribution >= 4 is 0 Å². The number of aryl methyl sites for hydroxylation is 2. The Morgan fingerprint density at radius 3 is 2.78 bits per heavy atom. The van der Waals surface area contributed by atoms with E-state index in [9.17, 15) is 9.50 Å². The lowest BCUT2D eigenvalue weighted by Crippen LogP contribution is -2.23. The minimum Gasteiger partial charge on any atom is -0.388 e. The quantitative estimate of drug-likeness (QED) is 0.894. The number of benzene rings is 1. The van der Waals surface area contributed by atoms with Crippen molar-refractivity contribution in [2.45, 2.75) is 45.8 Å². The number of hydrogen-bond acceptors (Lipinski definition) is 2. The Morgan fingerprint density at radius 1 is 1.44 bits per heavy atom. The molecule has 1 heterocycles. The summed E-state index contributed by atoms with van der Waals surface area (Å²) in [5.74, 6) is -0.298. The lowest BCUT2D eigenvalue weighted by atomic mass is 9.86. The Hall–Kier alpha value is -0.930. The van der Waals surface area contributed by atoms with E-state index in [2.05, 4.69) is 0 Å². The summed E-state index contributed by atoms with van der Waals surface area (Å²) in [5, 5.41) is 10.5. The summed E-state index contributed by atoms with van der Waals surface area (Å²) in [6.45, 7) is 6.41. The summed E-state index contributed by atoms with van der Waals surface area (Å²) in [6.07, 6.45) is 0.930. The molecule has 3 heteroatoms. The molecule has 0 bridgehead atoms. The summed E-state index contributed by atoms with van der Waals surface area (Å²) >= 11 is 0. The van der Waals surface area contributed by atoms with Crippen LogP contribution < -0.4 is 0 Å². The predicted molar refractivity (Wildman–Crippen MR) is 69.0 cm³/mol. The number of rotatable bonds is 3. The summed E-state index contributed by atoms with van der Waals surface area (Å²) < 4.78 is 19.6. The first-order valence-corrected chi connectivity index (χ1v) is 6.61. The molecule has 1 fully saturated rings. The van der Waals surface area contributed by atoms with Crippen LogP contribution in [0.1, 0.15) is 42.6 Å². The highest BCUT2D eigenvalue weighted by Crippen LogP contribution is 2.37. The first kappa shape index (κ1) is 13.5. The average molecular weight is 252 g/mol. The molecule has 1 aromatic rings. The third-order valence-electron chi connectivity index (χ3n) is 3.85. The standard InChI is InChI=1S/C15H21FO2/c1-4-13-11(5-6-18-13)15(17)14-10(3)7-9(2)8-12(14)16/h7-8,11,13,15,17H,4-6H2,1-3H3. The number of aliphatic hydroxyl groups is 1. The molecule has 1 saturated heterocycles. The summed E-state index contributed by atoms with van der Waals surface area (Å²) in [6, 6.07) is 3.40. The number of halogens is 1. The van der Waals surface area contributed by atoms with Crippen molar-refractivity contribution in [2.24, 2.45) is 5.92 Å². The van der Waals surface area contributed by atoms with E-state index in [4.69, 9.17) is 4.74 Å². The topological polar surface area (TPSA) is 29.5 Å². The lowest BCUT2D eigenvalue weighted by Gasteiger charge is -2.25. The van der Waals surface area contributed by atoms with E-state index >= 15 is 0 Å². The van der Waals surface area contributed by atoms with E-state index in [0.29, 0.717) is 12.2 Å². The maximum absolute atomic E-state index is 14.0. The number of aliphatic hydroxyl groups excluding tert-OH is 1. The van der Waals surface area contributed by atoms with E-state index in [1.54, 1.807) is 0 Å². The fourth-order valence-corrected chi connectivity index (χ4v) is 2.96. The fraction of sp³-hybridized carbons (Fsp3) is 0.600. The molecular weight excluding hydrogens is 231 g/mol. The minimum absolute atomic E-state index is 0.00547. The van der Waals surface area contributed by atoms with Crippen LogP contribution in [0.3, 0.4) is 0 Å². The first-order valence-electron chi connectivity index (χ1n) is 6.61. The van der Waals surface area contributed by atoms with Crippen LogP contribution in [0.4, 0.5) is 4.39 Å². The average Bonchev–Trinajstić information content (AvgIpc) is 2.75. The number of ether oxygens (including phenoxy) is 1. The van der Waals surface area contributed by atoms with Crippen LogP contribution in [-0.2, 0) is 4.74 Å². The van der Waals surface area contributed by atoms with Crippen LogP contribution in [0.5, 0.6) is 0 Å². The zero-order valence-electron chi connectivity index (χ0n) is 11.2. The van der Waals surface area contributed by atoms with Crippen molar-refractivity contribution in [3.05, 3.63) is 34.6 Å². The van der Waals surface area contributed by atoms with Crippen LogP contribution >= 0.6 is 0 Å². The molecule has 2 nitrogen and oxygen atoms in total. The molecule has 2 rings (SSSR count). The Labute approximate surface area is 108 Å². The van der Waals surface area contributed by atoms with Gasteiger partial charge >= 0.3 is 0 Å². The van der Waals surface area contributed by atoms with Gasteiger partial charge in [0.1, 0.15) is 5.82 Å². The van der Waals surface area contributed by atoms with Gasteiger partial charge < -0.3 is 9.84 Å². The monoisotopic (exact) mass is 252 g/mol. The molecule has 3 unspecified atom stereocenters. The highest BCUT2D eigenvalue weighted by atomic mass is 19.1. The lowest BCUT2D eigenvalue weighted by molar-refractivity contribution is 0.0290. The second kappa shape index (κ2) is 5.37. The molecular formula is C15H21FO2. The molecule has 0 saturated carbocycles. The highest BCUT2D eigenvalue weighted by molar-refractivity contribution is 5.34. The zero-order valence-corrected chi connectivity index (χ0v) is 11.2. The summed E-state index contributed by atoms with van der Waals surface area (Å²) in [5.41, 5.74) is 2.15. The normalized spacial score (nSPS) is 25.4. The highest BCUT2D eigenvalue weighted by Gasteiger charge is 2.35. The molecule has 0 aromatic heterocycles. The third-order valence-corrected chi connectivity index (χ3v) is 3.85. The Morgan fingerprint density at radius 2 is 2.17 bits per heavy atom. The first-order chi connectivity index (χ1) is 8.54. The van der Waals surface area contributed by atoms with Crippen LogP contribution in [0.2, 0.25) is 0 Å². The van der Waals surface area contributed by atoms with E-state index < -0.39 is 6.10 Å². The van der Waals surface area contributed by atoms with Crippen molar-refractivity contribution in [3.8, 4) is 0 Å². The van der Waals surface area contributed by atoms with E-state index in [1.165, 1.54) is 6.07 Å². The molecule has 100 valence electrons. The van der Waals surface area contributed by atoms with Gasteiger partial charge in [-0.2, -0.15) is 0 Å². The van der Waals surface area contributed by atoms with Gasteiger partial charge in [-0.15, -0.1) is 0 Å². The maximum atomic E-state index is 14.0. The smallest absolute Gasteiger partial charge is 0.129 e. The van der Waals surface area contributed by atoms with Crippen molar-refractivity contribution in [3.63, 3.8) is 0 Å². The molecule has 18 heavy (non-hydrogen) atoms. The zero-order chi connectivity index (χ0) is 13.3. The predicted octanol–water partition coefficient (Wildman–Crippen LogP) is 3.29. The maximum Gasteiger partial charge on any atom is 0.129 e. The molecule has 0 amide bonds. The Balaban J connectivity index is 2.31. The van der Waals surface area contributed by atoms with Crippen molar-refractivity contribution in [2.75, 3.05) is 6.61 Å². The number of hydrogen-bond donors (Lipinski definition) is 1. The molecule has 1 aliphatic rings. The Bertz CT molecular complexity index is 407. The van der Waals surface area contributed by atoms with Crippen LogP contribution in [-0.4, -0.2) is 17.8 Å². The van der Waals surface area contributed by atoms with Gasteiger partial charge in [0.2, 0.25) is 0 Å². The van der Waals surface area contributed by atoms with Crippen molar-refractivity contribution in [1.29, 1.82) is 0 Å². The van der Waals surface area contributed by atoms with Gasteiger partial charge in [-0.05, 0) is 43.9 Å². The van der Waals surface area contributed by atoms with Gasteiger partial charge in [-0.25, -0.2) is 4.39 Å². The molecule has 1 N–H and O–H groups in total. The van der Waals surface area contributed by atoms with Gasteiger partial charge in [0.25, 0.3) is 0 Å². The molecule has 0 aliphatic carbocycles. The van der Waals surface area contributed by atoms with E-state index in [1.807, 2.05) is 26.8 Å². The van der Waals surface area contributed by atoms with Crippen LogP contribution in [0.15, 0.2) is 12.1 Å². The second-order valence-electron chi connectivity index (χ2n) is 5.19. The molecule has 1 aromatic carbocycles. The third kappa shape index (κ3) is 2.43. The fourth-order valence-electron chi connectivity index (χ4n) is 2.96. The van der Waals surface area contributed by atoms with Gasteiger partial charge in [0.05, 0.1) is 12.2 Å². The SMILES string of the molecule is CCC1OCCC1C(O)c1c(C)cc(C)cc1F. The minimum atomic E-state index is -0.766. The largest absolute Gasteiger partial charge is 0.388 e. The second-order valence-corrected chi connectivity index (χ2v) is 5.19. The van der Waals surface area contributed by atoms with Crippen molar-refractivity contribution < 1.29 is 14.2 Å².